The molecule has 0 rings (SSSR count). The van der Waals surface area contributed by atoms with Gasteiger partial charge in [-0.05, 0) is 0 Å². The summed E-state index contributed by atoms with van der Waals surface area (Å²) >= 11 is 0. The first-order valence-electron chi connectivity index (χ1n) is 2.29. The molecule has 20 nitrogen and oxygen atoms in total. The van der Waals surface area contributed by atoms with Crippen LogP contribution in [-0.2, 0) is 4.99 Å². The van der Waals surface area contributed by atoms with Crippen molar-refractivity contribution in [1.29, 1.82) is 5.59 Å². The Labute approximate surface area is 138 Å². The molecule has 0 aliphatic carbocycles. The zero-order valence-electron chi connectivity index (χ0n) is 10.9. The summed E-state index contributed by atoms with van der Waals surface area (Å²) in [7, 11) is 0. The SMILES string of the molecule is C.C.C.C.N=O.O.O.O.O=NNOO.O=NO.O=N[O-].O=[N+]([O-])[O-].[H+].[H+]. The molecule has 0 radical (unpaired) electrons. The van der Waals surface area contributed by atoms with Gasteiger partial charge in [0.15, 0.2) is 5.34 Å². The van der Waals surface area contributed by atoms with Crippen LogP contribution < -0.4 is 5.59 Å². The minimum Gasteiger partial charge on any atom is -0.444 e. The molecule has 0 aromatic carbocycles. The van der Waals surface area contributed by atoms with Crippen LogP contribution in [0.3, 0.4) is 0 Å². The Kier molecular flexibility index (Phi) is 1330. The lowest BCUT2D eigenvalue weighted by Crippen LogP contribution is -1.98. The fourth-order valence-electron chi connectivity index (χ4n) is 0.0167. The van der Waals surface area contributed by atoms with Crippen LogP contribution in [0.4, 0.5) is 0 Å². The average molecular weight is 384 g/mol. The Morgan fingerprint density at radius 1 is 1.00 bits per heavy atom. The minimum atomic E-state index is -1.75. The molecular weight excluding hydrogens is 356 g/mol. The fourth-order valence-corrected chi connectivity index (χ4v) is 0.0167. The van der Waals surface area contributed by atoms with Crippen molar-refractivity contribution in [1.82, 2.24) is 5.59 Å². The second-order valence-corrected chi connectivity index (χ2v) is 0.654. The summed E-state index contributed by atoms with van der Waals surface area (Å²) in [5.41, 5.74) is 5.74. The summed E-state index contributed by atoms with van der Waals surface area (Å²) in [4.78, 5) is 43.6. The monoisotopic (exact) mass is 384 g/mol. The smallest absolute Gasteiger partial charge is 0.444 e. The average Bonchev–Trinajstić information content (AvgIpc) is 2.23. The van der Waals surface area contributed by atoms with Gasteiger partial charge in [0.05, 0.1) is 10.4 Å². The molecular formula is C4H28N6O14. The number of nitrogens with zero attached hydrogens (tertiary/aromatic N) is 4. The molecule has 10 N–H and O–H groups in total. The number of rotatable bonds is 2. The van der Waals surface area contributed by atoms with Crippen LogP contribution in [0.2, 0.25) is 0 Å². The van der Waals surface area contributed by atoms with Crippen LogP contribution in [0.5, 0.6) is 0 Å². The number of nitroso groups, excluding NO2 is 2. The third-order valence-corrected chi connectivity index (χ3v) is 0.0781. The van der Waals surface area contributed by atoms with Gasteiger partial charge in [0.25, 0.3) is 0 Å². The van der Waals surface area contributed by atoms with Gasteiger partial charge in [-0.2, -0.15) is 4.91 Å². The first-order valence-corrected chi connectivity index (χ1v) is 2.29. The highest BCUT2D eigenvalue weighted by Gasteiger charge is 1.59. The largest absolute Gasteiger partial charge is 1.00 e. The zero-order valence-corrected chi connectivity index (χ0v) is 8.86. The molecule has 0 aliphatic heterocycles. The highest BCUT2D eigenvalue weighted by molar-refractivity contribution is 4.21. The van der Waals surface area contributed by atoms with Gasteiger partial charge < -0.3 is 47.1 Å². The number of hydrogen-bond acceptors (Lipinski definition) is 14. The molecule has 158 valence electrons. The summed E-state index contributed by atoms with van der Waals surface area (Å²) < 4.78 is 0. The molecule has 0 unspecified atom stereocenters. The van der Waals surface area contributed by atoms with Crippen molar-refractivity contribution in [2.24, 2.45) is 16.0 Å². The lowest BCUT2D eigenvalue weighted by Gasteiger charge is -1.76. The third kappa shape index (κ3) is 4140. The van der Waals surface area contributed by atoms with E-state index in [0.29, 0.717) is 0 Å². The summed E-state index contributed by atoms with van der Waals surface area (Å²) in [5.74, 6) is 0. The molecule has 0 amide bonds. The Balaban J connectivity index is -0.00000000542. The van der Waals surface area contributed by atoms with E-state index in [4.69, 9.17) is 50.6 Å². The molecule has 0 saturated heterocycles. The number of nitrogens with one attached hydrogen (secondary N) is 2. The van der Waals surface area contributed by atoms with E-state index in [1.54, 1.807) is 0 Å². The van der Waals surface area contributed by atoms with Gasteiger partial charge >= 0.3 is 2.85 Å². The molecule has 0 aromatic heterocycles. The second-order valence-electron chi connectivity index (χ2n) is 0.654. The van der Waals surface area contributed by atoms with E-state index in [-0.39, 0.29) is 49.0 Å². The van der Waals surface area contributed by atoms with E-state index in [1.165, 1.54) is 10.9 Å². The van der Waals surface area contributed by atoms with Crippen LogP contribution in [0.15, 0.2) is 16.0 Å². The molecule has 0 bridgehead atoms. The summed E-state index contributed by atoms with van der Waals surface area (Å²) in [6.45, 7) is 0. The maximum absolute atomic E-state index is 8.76. The Morgan fingerprint density at radius 2 is 1.12 bits per heavy atom. The van der Waals surface area contributed by atoms with Crippen molar-refractivity contribution in [3.8, 4) is 0 Å². The van der Waals surface area contributed by atoms with Crippen LogP contribution in [0.1, 0.15) is 32.6 Å². The maximum atomic E-state index is 8.76. The maximum Gasteiger partial charge on any atom is 1.00 e. The van der Waals surface area contributed by atoms with Gasteiger partial charge in [0.1, 0.15) is 0 Å². The molecule has 24 heavy (non-hydrogen) atoms. The van der Waals surface area contributed by atoms with Crippen LogP contribution in [-0.4, -0.2) is 32.0 Å². The highest BCUT2D eigenvalue weighted by atomic mass is 17.2. The van der Waals surface area contributed by atoms with E-state index >= 15 is 0 Å². The van der Waals surface area contributed by atoms with Crippen LogP contribution in [0.25, 0.3) is 0 Å². The standard InChI is InChI=1S/4CH4.H2N2O3.NO3.2HNO2.HNO.3H2O/c;;;;3-1-2-5-4;2-1(3)4;2*2-1-3;1-2;;;/h4*1H4;4H,(H,2,3);;2*(H,2,3);1H;3*1H2/q;;;;;-1;;;;;;/p+1. The van der Waals surface area contributed by atoms with Gasteiger partial charge in [0.2, 0.25) is 0 Å². The van der Waals surface area contributed by atoms with Crippen molar-refractivity contribution in [3.05, 3.63) is 40.2 Å². The van der Waals surface area contributed by atoms with E-state index in [2.05, 4.69) is 10.6 Å². The molecule has 0 atom stereocenters. The van der Waals surface area contributed by atoms with E-state index in [1.807, 2.05) is 5.29 Å². The number of hydrogen-bond donors (Lipinski definition) is 4. The molecule has 0 fully saturated rings. The van der Waals surface area contributed by atoms with Gasteiger partial charge in [-0.15, -0.1) is 20.7 Å². The molecule has 0 heterocycles. The molecule has 20 heteroatoms. The fraction of sp³-hybridized carbons (Fsp3) is 1.00. The lowest BCUT2D eigenvalue weighted by molar-refractivity contribution is -0.402. The molecule has 0 aromatic rings. The van der Waals surface area contributed by atoms with Gasteiger partial charge in [-0.3, -0.25) is 0 Å². The predicted molar refractivity (Wildman–Crippen MR) is 85.8 cm³/mol. The van der Waals surface area contributed by atoms with Crippen LogP contribution >= 0.6 is 0 Å². The lowest BCUT2D eigenvalue weighted by atomic mass is 12.0. The van der Waals surface area contributed by atoms with Gasteiger partial charge in [-0.25, -0.2) is 5.26 Å². The highest BCUT2D eigenvalue weighted by Crippen LogP contribution is 1.45. The molecule has 0 saturated carbocycles. The van der Waals surface area contributed by atoms with E-state index in [0.717, 1.165) is 5.34 Å². The van der Waals surface area contributed by atoms with Gasteiger partial charge in [0, 0.05) is 0 Å². The van der Waals surface area contributed by atoms with E-state index < -0.39 is 5.09 Å². The Bertz CT molecular complexity index is 174. The zero-order chi connectivity index (χ0) is 15.1. The summed E-state index contributed by atoms with van der Waals surface area (Å²) in [5, 5.41) is 40.7. The van der Waals surface area contributed by atoms with Crippen molar-refractivity contribution in [2.75, 3.05) is 0 Å². The predicted octanol–water partition coefficient (Wildman–Crippen LogP) is 0.442. The van der Waals surface area contributed by atoms with Crippen molar-refractivity contribution in [3.63, 3.8) is 0 Å². The minimum absolute atomic E-state index is 0. The normalized spacial score (nSPS) is 3.54. The van der Waals surface area contributed by atoms with Crippen molar-refractivity contribution < 1.29 is 39.8 Å². The first kappa shape index (κ1) is 105. The summed E-state index contributed by atoms with van der Waals surface area (Å²) in [6.07, 6.45) is 0. The van der Waals surface area contributed by atoms with Crippen molar-refractivity contribution in [2.45, 2.75) is 29.7 Å². The van der Waals surface area contributed by atoms with Gasteiger partial charge in [-0.1, -0.05) is 40.3 Å². The quantitative estimate of drug-likeness (QED) is 0.218. The summed E-state index contributed by atoms with van der Waals surface area (Å²) in [6, 6.07) is 0. The first-order chi connectivity index (χ1) is 7.97. The second kappa shape index (κ2) is 304. The van der Waals surface area contributed by atoms with Crippen LogP contribution in [0, 0.1) is 45.8 Å². The molecule has 0 aliphatic rings. The van der Waals surface area contributed by atoms with Crippen molar-refractivity contribution >= 4 is 0 Å². The third-order valence-electron chi connectivity index (χ3n) is 0.0781. The topological polar surface area (TPSA) is 375 Å². The molecule has 0 spiro atoms. The van der Waals surface area contributed by atoms with E-state index in [9.17, 15) is 0 Å². The Hall–Kier alpha value is -3.20. The Morgan fingerprint density at radius 3 is 1.12 bits per heavy atom.